The van der Waals surface area contributed by atoms with Gasteiger partial charge in [-0.2, -0.15) is 5.26 Å². The fraction of sp³-hybridized carbons (Fsp3) is 0.562. The fourth-order valence-electron chi connectivity index (χ4n) is 2.75. The summed E-state index contributed by atoms with van der Waals surface area (Å²) in [5.41, 5.74) is 0.522. The van der Waals surface area contributed by atoms with Crippen molar-refractivity contribution in [3.05, 3.63) is 29.8 Å². The molecule has 0 amide bonds. The van der Waals surface area contributed by atoms with Gasteiger partial charge in [-0.05, 0) is 50.6 Å². The Morgan fingerprint density at radius 1 is 1.11 bits per heavy atom. The normalized spacial score (nSPS) is 20.1. The summed E-state index contributed by atoms with van der Waals surface area (Å²) in [5.74, 6) is 0.833. The van der Waals surface area contributed by atoms with Gasteiger partial charge < -0.3 is 4.74 Å². The lowest BCUT2D eigenvalue weighted by molar-refractivity contribution is 0.158. The predicted octanol–water partition coefficient (Wildman–Crippen LogP) is 3.31. The van der Waals surface area contributed by atoms with Gasteiger partial charge in [0.25, 0.3) is 0 Å². The van der Waals surface area contributed by atoms with Crippen LogP contribution in [0.5, 0.6) is 5.75 Å². The maximum Gasteiger partial charge on any atom is 0.131 e. The summed E-state index contributed by atoms with van der Waals surface area (Å²) in [5, 5.41) is 9.69. The number of nitrogens with zero attached hydrogens (tertiary/aromatic N) is 2. The minimum atomic E-state index is -0.531. The Morgan fingerprint density at radius 2 is 1.68 bits per heavy atom. The topological polar surface area (TPSA) is 36.3 Å². The molecule has 3 heteroatoms. The predicted molar refractivity (Wildman–Crippen MR) is 76.0 cm³/mol. The van der Waals surface area contributed by atoms with Crippen molar-refractivity contribution < 1.29 is 4.74 Å². The van der Waals surface area contributed by atoms with Crippen LogP contribution in [0.15, 0.2) is 24.3 Å². The summed E-state index contributed by atoms with van der Waals surface area (Å²) in [6.45, 7) is 4.05. The molecule has 1 aliphatic heterocycles. The number of methoxy groups -OCH3 is 1. The number of hydrogen-bond donors (Lipinski definition) is 0. The van der Waals surface area contributed by atoms with E-state index in [0.29, 0.717) is 0 Å². The molecule has 0 N–H and O–H groups in total. The van der Waals surface area contributed by atoms with E-state index in [1.807, 2.05) is 31.2 Å². The van der Waals surface area contributed by atoms with Gasteiger partial charge >= 0.3 is 0 Å². The first-order valence-electron chi connectivity index (χ1n) is 7.01. The van der Waals surface area contributed by atoms with Crippen LogP contribution in [0.4, 0.5) is 0 Å². The molecule has 3 nitrogen and oxygen atoms in total. The molecular formula is C16H22N2O. The van der Waals surface area contributed by atoms with Gasteiger partial charge in [-0.3, -0.25) is 4.90 Å². The maximum atomic E-state index is 9.69. The standard InChI is InChI=1S/C16H22N2O/c1-16(13-17,18-11-5-3-4-6-12-18)14-7-9-15(19-2)10-8-14/h7-10H,3-6,11-12H2,1-2H3. The average molecular weight is 258 g/mol. The summed E-state index contributed by atoms with van der Waals surface area (Å²) >= 11 is 0. The summed E-state index contributed by atoms with van der Waals surface area (Å²) in [6, 6.07) is 10.4. The molecule has 102 valence electrons. The third kappa shape index (κ3) is 2.90. The summed E-state index contributed by atoms with van der Waals surface area (Å²) < 4.78 is 5.18. The zero-order chi connectivity index (χ0) is 13.7. The van der Waals surface area contributed by atoms with Crippen molar-refractivity contribution in [2.75, 3.05) is 20.2 Å². The average Bonchev–Trinajstić information content (AvgIpc) is 2.76. The van der Waals surface area contributed by atoms with Gasteiger partial charge in [-0.1, -0.05) is 25.0 Å². The number of benzene rings is 1. The molecule has 0 saturated carbocycles. The Labute approximate surface area is 115 Å². The molecule has 0 aromatic heterocycles. The quantitative estimate of drug-likeness (QED) is 0.834. The highest BCUT2D eigenvalue weighted by Crippen LogP contribution is 2.31. The number of ether oxygens (including phenoxy) is 1. The zero-order valence-corrected chi connectivity index (χ0v) is 11.9. The van der Waals surface area contributed by atoms with Crippen LogP contribution in [0.1, 0.15) is 38.2 Å². The Bertz CT molecular complexity index is 441. The van der Waals surface area contributed by atoms with Crippen molar-refractivity contribution in [3.8, 4) is 11.8 Å². The van der Waals surface area contributed by atoms with E-state index in [-0.39, 0.29) is 0 Å². The van der Waals surface area contributed by atoms with Crippen LogP contribution in [0.25, 0.3) is 0 Å². The molecule has 1 aromatic rings. The van der Waals surface area contributed by atoms with Crippen molar-refractivity contribution in [2.24, 2.45) is 0 Å². The summed E-state index contributed by atoms with van der Waals surface area (Å²) in [4.78, 5) is 2.32. The lowest BCUT2D eigenvalue weighted by atomic mass is 9.91. The number of likely N-dealkylation sites (tertiary alicyclic amines) is 1. The molecule has 0 bridgehead atoms. The lowest BCUT2D eigenvalue weighted by Crippen LogP contribution is -2.43. The molecule has 1 unspecified atom stereocenters. The van der Waals surface area contributed by atoms with Crippen molar-refractivity contribution in [3.63, 3.8) is 0 Å². The Balaban J connectivity index is 2.26. The van der Waals surface area contributed by atoms with E-state index in [9.17, 15) is 5.26 Å². The monoisotopic (exact) mass is 258 g/mol. The van der Waals surface area contributed by atoms with Crippen LogP contribution in [-0.2, 0) is 5.54 Å². The molecular weight excluding hydrogens is 236 g/mol. The van der Waals surface area contributed by atoms with Gasteiger partial charge in [0.15, 0.2) is 0 Å². The highest BCUT2D eigenvalue weighted by molar-refractivity contribution is 5.35. The first-order chi connectivity index (χ1) is 9.20. The van der Waals surface area contributed by atoms with E-state index in [1.54, 1.807) is 7.11 Å². The third-order valence-corrected chi connectivity index (χ3v) is 4.11. The fourth-order valence-corrected chi connectivity index (χ4v) is 2.75. The SMILES string of the molecule is COc1ccc(C(C)(C#N)N2CCCCCC2)cc1. The van der Waals surface area contributed by atoms with E-state index in [2.05, 4.69) is 11.0 Å². The lowest BCUT2D eigenvalue weighted by Gasteiger charge is -2.35. The first-order valence-corrected chi connectivity index (χ1v) is 7.01. The van der Waals surface area contributed by atoms with Crippen LogP contribution in [0.3, 0.4) is 0 Å². The van der Waals surface area contributed by atoms with Crippen molar-refractivity contribution >= 4 is 0 Å². The highest BCUT2D eigenvalue weighted by atomic mass is 16.5. The van der Waals surface area contributed by atoms with Crippen molar-refractivity contribution in [1.82, 2.24) is 4.90 Å². The van der Waals surface area contributed by atoms with E-state index in [0.717, 1.165) is 24.4 Å². The van der Waals surface area contributed by atoms with Gasteiger partial charge in [-0.25, -0.2) is 0 Å². The molecule has 1 heterocycles. The Kier molecular flexibility index (Phi) is 4.44. The number of nitriles is 1. The summed E-state index contributed by atoms with van der Waals surface area (Å²) in [7, 11) is 1.66. The van der Waals surface area contributed by atoms with Crippen LogP contribution in [0.2, 0.25) is 0 Å². The summed E-state index contributed by atoms with van der Waals surface area (Å²) in [6.07, 6.45) is 4.93. The smallest absolute Gasteiger partial charge is 0.131 e. The molecule has 0 spiro atoms. The molecule has 19 heavy (non-hydrogen) atoms. The highest BCUT2D eigenvalue weighted by Gasteiger charge is 2.33. The zero-order valence-electron chi connectivity index (χ0n) is 11.9. The van der Waals surface area contributed by atoms with E-state index >= 15 is 0 Å². The Hall–Kier alpha value is -1.53. The minimum Gasteiger partial charge on any atom is -0.497 e. The van der Waals surface area contributed by atoms with Crippen LogP contribution < -0.4 is 4.74 Å². The largest absolute Gasteiger partial charge is 0.497 e. The van der Waals surface area contributed by atoms with Gasteiger partial charge in [0.1, 0.15) is 11.3 Å². The van der Waals surface area contributed by atoms with E-state index in [4.69, 9.17) is 4.74 Å². The van der Waals surface area contributed by atoms with E-state index < -0.39 is 5.54 Å². The van der Waals surface area contributed by atoms with Gasteiger partial charge in [-0.15, -0.1) is 0 Å². The second-order valence-electron chi connectivity index (χ2n) is 5.31. The number of hydrogen-bond acceptors (Lipinski definition) is 3. The Morgan fingerprint density at radius 3 is 2.16 bits per heavy atom. The van der Waals surface area contributed by atoms with Gasteiger partial charge in [0.05, 0.1) is 13.2 Å². The second kappa shape index (κ2) is 6.08. The minimum absolute atomic E-state index is 0.531. The van der Waals surface area contributed by atoms with E-state index in [1.165, 1.54) is 25.7 Å². The van der Waals surface area contributed by atoms with Crippen LogP contribution >= 0.6 is 0 Å². The molecule has 1 fully saturated rings. The second-order valence-corrected chi connectivity index (χ2v) is 5.31. The first kappa shape index (κ1) is 13.9. The van der Waals surface area contributed by atoms with Crippen LogP contribution in [0, 0.1) is 11.3 Å². The molecule has 1 saturated heterocycles. The molecule has 1 atom stereocenters. The third-order valence-electron chi connectivity index (χ3n) is 4.11. The molecule has 0 radical (unpaired) electrons. The molecule has 1 aromatic carbocycles. The maximum absolute atomic E-state index is 9.69. The molecule has 1 aliphatic rings. The van der Waals surface area contributed by atoms with Gasteiger partial charge in [0, 0.05) is 0 Å². The van der Waals surface area contributed by atoms with Gasteiger partial charge in [0.2, 0.25) is 0 Å². The molecule has 0 aliphatic carbocycles. The van der Waals surface area contributed by atoms with Crippen molar-refractivity contribution in [2.45, 2.75) is 38.1 Å². The van der Waals surface area contributed by atoms with Crippen LogP contribution in [-0.4, -0.2) is 25.1 Å². The van der Waals surface area contributed by atoms with Crippen molar-refractivity contribution in [1.29, 1.82) is 5.26 Å². The molecule has 2 rings (SSSR count). The number of rotatable bonds is 3.